The molecule has 0 spiro atoms. The molecule has 0 heterocycles. The molecule has 0 aliphatic rings. The summed E-state index contributed by atoms with van der Waals surface area (Å²) in [7, 11) is 1.73. The average molecular weight is 311 g/mol. The summed E-state index contributed by atoms with van der Waals surface area (Å²) in [5.41, 5.74) is 0. The van der Waals surface area contributed by atoms with Crippen LogP contribution in [0.2, 0.25) is 0 Å². The van der Waals surface area contributed by atoms with Gasteiger partial charge in [0, 0.05) is 26.8 Å². The van der Waals surface area contributed by atoms with Crippen LogP contribution in [-0.2, 0) is 4.74 Å². The highest BCUT2D eigenvalue weighted by molar-refractivity contribution is 5.79. The summed E-state index contributed by atoms with van der Waals surface area (Å²) in [6.07, 6.45) is 0.864. The normalized spacial score (nSPS) is 12.8. The van der Waals surface area contributed by atoms with Gasteiger partial charge in [-0.3, -0.25) is 4.99 Å². The molecule has 5 nitrogen and oxygen atoms in total. The van der Waals surface area contributed by atoms with Gasteiger partial charge in [-0.2, -0.15) is 0 Å². The summed E-state index contributed by atoms with van der Waals surface area (Å²) in [5, 5.41) is 6.40. The van der Waals surface area contributed by atoms with Crippen molar-refractivity contribution in [1.29, 1.82) is 0 Å². The number of nitrogens with zero attached hydrogens (tertiary/aromatic N) is 1. The maximum Gasteiger partial charge on any atom is 0.191 e. The fourth-order valence-corrected chi connectivity index (χ4v) is 1.77. The predicted molar refractivity (Wildman–Crippen MR) is 87.0 cm³/mol. The number of halogens is 1. The first kappa shape index (κ1) is 18.2. The first-order chi connectivity index (χ1) is 10.7. The molecule has 1 atom stereocenters. The molecule has 1 aromatic rings. The number of rotatable bonds is 9. The van der Waals surface area contributed by atoms with Gasteiger partial charge in [0.2, 0.25) is 0 Å². The van der Waals surface area contributed by atoms with Crippen LogP contribution in [0.4, 0.5) is 4.39 Å². The summed E-state index contributed by atoms with van der Waals surface area (Å²) < 4.78 is 23.8. The lowest BCUT2D eigenvalue weighted by molar-refractivity contribution is 0.145. The molecule has 22 heavy (non-hydrogen) atoms. The van der Waals surface area contributed by atoms with Gasteiger partial charge >= 0.3 is 0 Å². The highest BCUT2D eigenvalue weighted by Crippen LogP contribution is 2.12. The lowest BCUT2D eigenvalue weighted by Crippen LogP contribution is -2.42. The molecule has 6 heteroatoms. The Kier molecular flexibility index (Phi) is 8.98. The van der Waals surface area contributed by atoms with Crippen LogP contribution in [0.25, 0.3) is 0 Å². The number of hydrogen-bond donors (Lipinski definition) is 2. The summed E-state index contributed by atoms with van der Waals surface area (Å²) >= 11 is 0. The molecule has 0 saturated heterocycles. The van der Waals surface area contributed by atoms with E-state index in [4.69, 9.17) is 9.47 Å². The van der Waals surface area contributed by atoms with Crippen molar-refractivity contribution < 1.29 is 13.9 Å². The van der Waals surface area contributed by atoms with E-state index >= 15 is 0 Å². The fraction of sp³-hybridized carbons (Fsp3) is 0.562. The van der Waals surface area contributed by atoms with Crippen molar-refractivity contribution in [3.8, 4) is 5.75 Å². The van der Waals surface area contributed by atoms with Crippen LogP contribution in [0.5, 0.6) is 5.75 Å². The van der Waals surface area contributed by atoms with E-state index in [1.807, 2.05) is 13.8 Å². The number of ether oxygens (including phenoxy) is 2. The SMILES string of the molecule is CCOCCCNC(=NC)NCC(C)Oc1ccc(F)cc1. The van der Waals surface area contributed by atoms with E-state index in [2.05, 4.69) is 15.6 Å². The molecule has 0 aliphatic heterocycles. The van der Waals surface area contributed by atoms with Crippen molar-refractivity contribution >= 4 is 5.96 Å². The van der Waals surface area contributed by atoms with Gasteiger partial charge in [0.25, 0.3) is 0 Å². The summed E-state index contributed by atoms with van der Waals surface area (Å²) in [5.74, 6) is 1.11. The van der Waals surface area contributed by atoms with Crippen molar-refractivity contribution in [2.75, 3.05) is 33.4 Å². The first-order valence-electron chi connectivity index (χ1n) is 7.60. The van der Waals surface area contributed by atoms with E-state index in [0.717, 1.165) is 32.1 Å². The largest absolute Gasteiger partial charge is 0.489 e. The molecule has 0 amide bonds. The van der Waals surface area contributed by atoms with E-state index in [1.165, 1.54) is 12.1 Å². The first-order valence-corrected chi connectivity index (χ1v) is 7.60. The quantitative estimate of drug-likeness (QED) is 0.417. The van der Waals surface area contributed by atoms with Gasteiger partial charge in [-0.05, 0) is 44.5 Å². The Labute approximate surface area is 131 Å². The zero-order valence-electron chi connectivity index (χ0n) is 13.6. The van der Waals surface area contributed by atoms with E-state index in [-0.39, 0.29) is 11.9 Å². The molecule has 0 fully saturated rings. The minimum Gasteiger partial charge on any atom is -0.489 e. The van der Waals surface area contributed by atoms with E-state index in [0.29, 0.717) is 12.3 Å². The second kappa shape index (κ2) is 10.8. The van der Waals surface area contributed by atoms with E-state index in [1.54, 1.807) is 19.2 Å². The molecular weight excluding hydrogens is 285 g/mol. The zero-order chi connectivity index (χ0) is 16.2. The molecule has 1 aromatic carbocycles. The Balaban J connectivity index is 2.23. The van der Waals surface area contributed by atoms with Crippen molar-refractivity contribution in [3.63, 3.8) is 0 Å². The van der Waals surface area contributed by atoms with Crippen LogP contribution in [-0.4, -0.2) is 45.4 Å². The minimum absolute atomic E-state index is 0.0626. The van der Waals surface area contributed by atoms with E-state index in [9.17, 15) is 4.39 Å². The Bertz CT molecular complexity index is 438. The monoisotopic (exact) mass is 311 g/mol. The molecule has 0 bridgehead atoms. The van der Waals surface area contributed by atoms with Crippen LogP contribution in [0.1, 0.15) is 20.3 Å². The number of aliphatic imine (C=N–C) groups is 1. The van der Waals surface area contributed by atoms with Crippen molar-refractivity contribution in [2.45, 2.75) is 26.4 Å². The highest BCUT2D eigenvalue weighted by atomic mass is 19.1. The zero-order valence-corrected chi connectivity index (χ0v) is 13.6. The second-order valence-electron chi connectivity index (χ2n) is 4.81. The molecular formula is C16H26FN3O2. The smallest absolute Gasteiger partial charge is 0.191 e. The Morgan fingerprint density at radius 3 is 2.64 bits per heavy atom. The van der Waals surface area contributed by atoms with Crippen LogP contribution in [0, 0.1) is 5.82 Å². The minimum atomic E-state index is -0.269. The molecule has 0 aliphatic carbocycles. The molecule has 0 radical (unpaired) electrons. The number of hydrogen-bond acceptors (Lipinski definition) is 3. The lowest BCUT2D eigenvalue weighted by Gasteiger charge is -2.17. The van der Waals surface area contributed by atoms with Crippen LogP contribution < -0.4 is 15.4 Å². The van der Waals surface area contributed by atoms with Gasteiger partial charge in [0.1, 0.15) is 17.7 Å². The standard InChI is InChI=1S/C16H26FN3O2/c1-4-21-11-5-10-19-16(18-3)20-12-13(2)22-15-8-6-14(17)7-9-15/h6-9,13H,4-5,10-12H2,1-3H3,(H2,18,19,20). The van der Waals surface area contributed by atoms with E-state index < -0.39 is 0 Å². The number of nitrogens with one attached hydrogen (secondary N) is 2. The van der Waals surface area contributed by atoms with Crippen molar-refractivity contribution in [2.24, 2.45) is 4.99 Å². The maximum absolute atomic E-state index is 12.8. The Morgan fingerprint density at radius 2 is 2.00 bits per heavy atom. The fourth-order valence-electron chi connectivity index (χ4n) is 1.77. The summed E-state index contributed by atoms with van der Waals surface area (Å²) in [6, 6.07) is 6.00. The molecule has 0 aromatic heterocycles. The summed E-state index contributed by atoms with van der Waals surface area (Å²) in [6.45, 7) is 6.81. The average Bonchev–Trinajstić information content (AvgIpc) is 2.52. The third-order valence-corrected chi connectivity index (χ3v) is 2.89. The third-order valence-electron chi connectivity index (χ3n) is 2.89. The van der Waals surface area contributed by atoms with Crippen molar-refractivity contribution in [3.05, 3.63) is 30.1 Å². The third kappa shape index (κ3) is 7.83. The molecule has 1 rings (SSSR count). The second-order valence-corrected chi connectivity index (χ2v) is 4.81. The Morgan fingerprint density at radius 1 is 1.27 bits per heavy atom. The summed E-state index contributed by atoms with van der Waals surface area (Å²) in [4.78, 5) is 4.14. The molecule has 0 saturated carbocycles. The van der Waals surface area contributed by atoms with Crippen molar-refractivity contribution in [1.82, 2.24) is 10.6 Å². The lowest BCUT2D eigenvalue weighted by atomic mass is 10.3. The van der Waals surface area contributed by atoms with Gasteiger partial charge in [-0.25, -0.2) is 4.39 Å². The van der Waals surface area contributed by atoms with Crippen LogP contribution in [0.15, 0.2) is 29.3 Å². The highest BCUT2D eigenvalue weighted by Gasteiger charge is 2.05. The molecule has 1 unspecified atom stereocenters. The molecule has 124 valence electrons. The Hall–Kier alpha value is -1.82. The van der Waals surface area contributed by atoms with Gasteiger partial charge in [-0.1, -0.05) is 0 Å². The maximum atomic E-state index is 12.8. The van der Waals surface area contributed by atoms with Crippen LogP contribution in [0.3, 0.4) is 0 Å². The van der Waals surface area contributed by atoms with Crippen LogP contribution >= 0.6 is 0 Å². The van der Waals surface area contributed by atoms with Gasteiger partial charge in [-0.15, -0.1) is 0 Å². The topological polar surface area (TPSA) is 54.9 Å². The van der Waals surface area contributed by atoms with Gasteiger partial charge < -0.3 is 20.1 Å². The molecule has 2 N–H and O–H groups in total. The number of guanidine groups is 1. The predicted octanol–water partition coefficient (Wildman–Crippen LogP) is 2.18. The number of benzene rings is 1. The van der Waals surface area contributed by atoms with Gasteiger partial charge in [0.05, 0.1) is 6.54 Å². The van der Waals surface area contributed by atoms with Gasteiger partial charge in [0.15, 0.2) is 5.96 Å².